The van der Waals surface area contributed by atoms with Crippen LogP contribution in [0.25, 0.3) is 0 Å². The molecule has 1 nitrogen and oxygen atoms in total. The summed E-state index contributed by atoms with van der Waals surface area (Å²) in [6.45, 7) is 1.80. The van der Waals surface area contributed by atoms with Crippen LogP contribution in [0.1, 0.15) is 11.3 Å². The van der Waals surface area contributed by atoms with Crippen LogP contribution in [0.4, 0.5) is 0 Å². The number of hydrogen-bond acceptors (Lipinski definition) is 1. The van der Waals surface area contributed by atoms with Crippen LogP contribution in [0.5, 0.6) is 0 Å². The Labute approximate surface area is 81.1 Å². The number of rotatable bonds is 1. The van der Waals surface area contributed by atoms with Gasteiger partial charge in [-0.15, -0.1) is 11.6 Å². The van der Waals surface area contributed by atoms with Gasteiger partial charge in [0.05, 0.1) is 0 Å². The van der Waals surface area contributed by atoms with Crippen LogP contribution < -0.4 is 16.5 Å². The first-order valence-electron chi connectivity index (χ1n) is 3.43. The standard InChI is InChI=1S/C7H5B3ClN/c1-3-4(2-11)5(8)6(9)7(10)12-3/h2H2,1H3. The third kappa shape index (κ3) is 1.53. The van der Waals surface area contributed by atoms with Gasteiger partial charge in [0.25, 0.3) is 0 Å². The lowest BCUT2D eigenvalue weighted by Gasteiger charge is -2.12. The normalized spacial score (nSPS) is 10.2. The summed E-state index contributed by atoms with van der Waals surface area (Å²) in [6, 6.07) is 0. The molecule has 0 saturated heterocycles. The minimum absolute atomic E-state index is 0.263. The average molecular weight is 171 g/mol. The summed E-state index contributed by atoms with van der Waals surface area (Å²) in [5.74, 6) is 0.301. The Hall–Kier alpha value is -0.365. The summed E-state index contributed by atoms with van der Waals surface area (Å²) in [5, 5.41) is 0. The van der Waals surface area contributed by atoms with Crippen molar-refractivity contribution in [2.24, 2.45) is 0 Å². The summed E-state index contributed by atoms with van der Waals surface area (Å²) < 4.78 is 0. The van der Waals surface area contributed by atoms with Crippen LogP contribution in [0, 0.1) is 6.92 Å². The molecular weight excluding hydrogens is 166 g/mol. The Morgan fingerprint density at radius 3 is 2.33 bits per heavy atom. The molecule has 0 aliphatic rings. The fourth-order valence-electron chi connectivity index (χ4n) is 0.972. The first kappa shape index (κ1) is 9.72. The number of aryl methyl sites for hydroxylation is 1. The second-order valence-electron chi connectivity index (χ2n) is 2.52. The lowest BCUT2D eigenvalue weighted by atomic mass is 9.73. The van der Waals surface area contributed by atoms with E-state index in [-0.39, 0.29) is 5.59 Å². The molecule has 0 aromatic carbocycles. The molecule has 0 N–H and O–H groups in total. The zero-order valence-electron chi connectivity index (χ0n) is 6.76. The summed E-state index contributed by atoms with van der Waals surface area (Å²) >= 11 is 5.65. The van der Waals surface area contributed by atoms with Gasteiger partial charge in [-0.2, -0.15) is 0 Å². The zero-order chi connectivity index (χ0) is 9.30. The molecule has 0 bridgehead atoms. The molecule has 0 saturated carbocycles. The largest absolute Gasteiger partial charge is 0.270 e. The van der Waals surface area contributed by atoms with Gasteiger partial charge in [-0.1, -0.05) is 10.9 Å². The highest BCUT2D eigenvalue weighted by Crippen LogP contribution is 2.01. The predicted octanol–water partition coefficient (Wildman–Crippen LogP) is -1.49. The van der Waals surface area contributed by atoms with Crippen molar-refractivity contribution in [1.82, 2.24) is 4.98 Å². The molecule has 12 heavy (non-hydrogen) atoms. The van der Waals surface area contributed by atoms with E-state index in [4.69, 9.17) is 35.1 Å². The minimum Gasteiger partial charge on any atom is -0.270 e. The maximum absolute atomic E-state index is 5.67. The predicted molar refractivity (Wildman–Crippen MR) is 54.7 cm³/mol. The molecule has 0 aliphatic carbocycles. The molecule has 5 heteroatoms. The Kier molecular flexibility index (Phi) is 2.89. The van der Waals surface area contributed by atoms with Gasteiger partial charge in [0.1, 0.15) is 23.5 Å². The van der Waals surface area contributed by atoms with Crippen LogP contribution in [0.15, 0.2) is 0 Å². The molecule has 1 rings (SSSR count). The Balaban J connectivity index is 3.40. The van der Waals surface area contributed by atoms with Crippen LogP contribution in [0.2, 0.25) is 0 Å². The van der Waals surface area contributed by atoms with E-state index >= 15 is 0 Å². The van der Waals surface area contributed by atoms with Crippen molar-refractivity contribution < 1.29 is 0 Å². The third-order valence-electron chi connectivity index (χ3n) is 1.75. The SMILES string of the molecule is [B]c1nc(C)c(CCl)c([B])c1[B]. The van der Waals surface area contributed by atoms with Gasteiger partial charge in [-0.3, -0.25) is 4.98 Å². The fourth-order valence-corrected chi connectivity index (χ4v) is 1.31. The summed E-state index contributed by atoms with van der Waals surface area (Å²) in [7, 11) is 16.7. The maximum Gasteiger partial charge on any atom is 0.140 e. The molecule has 0 unspecified atom stereocenters. The fraction of sp³-hybridized carbons (Fsp3) is 0.286. The number of nitrogens with zero attached hydrogens (tertiary/aromatic N) is 1. The third-order valence-corrected chi connectivity index (χ3v) is 2.02. The van der Waals surface area contributed by atoms with Crippen LogP contribution in [0.3, 0.4) is 0 Å². The molecule has 6 radical (unpaired) electrons. The number of aromatic nitrogens is 1. The quantitative estimate of drug-likeness (QED) is 0.370. The molecule has 0 amide bonds. The van der Waals surface area contributed by atoms with Gasteiger partial charge in [0, 0.05) is 11.6 Å². The van der Waals surface area contributed by atoms with E-state index in [1.165, 1.54) is 0 Å². The molecule has 1 aromatic heterocycles. The van der Waals surface area contributed by atoms with E-state index in [0.717, 1.165) is 11.3 Å². The number of pyridine rings is 1. The summed E-state index contributed by atoms with van der Waals surface area (Å²) in [4.78, 5) is 3.99. The van der Waals surface area contributed by atoms with Crippen molar-refractivity contribution in [3.63, 3.8) is 0 Å². The van der Waals surface area contributed by atoms with Crippen molar-refractivity contribution in [1.29, 1.82) is 0 Å². The molecule has 1 heterocycles. The first-order chi connectivity index (χ1) is 5.57. The van der Waals surface area contributed by atoms with Crippen LogP contribution in [-0.2, 0) is 5.88 Å². The van der Waals surface area contributed by atoms with Gasteiger partial charge in [0.2, 0.25) is 0 Å². The number of hydrogen-bond donors (Lipinski definition) is 0. The van der Waals surface area contributed by atoms with Crippen LogP contribution in [-0.4, -0.2) is 28.5 Å². The van der Waals surface area contributed by atoms with E-state index in [2.05, 4.69) is 4.98 Å². The average Bonchev–Trinajstić information content (AvgIpc) is 2.01. The lowest BCUT2D eigenvalue weighted by Crippen LogP contribution is -2.43. The summed E-state index contributed by atoms with van der Waals surface area (Å²) in [6.07, 6.45) is 0. The van der Waals surface area contributed by atoms with Crippen molar-refractivity contribution in [3.8, 4) is 0 Å². The monoisotopic (exact) mass is 171 g/mol. The van der Waals surface area contributed by atoms with Crippen molar-refractivity contribution in [3.05, 3.63) is 11.3 Å². The molecule has 0 fully saturated rings. The van der Waals surface area contributed by atoms with Gasteiger partial charge >= 0.3 is 0 Å². The Bertz CT molecular complexity index is 314. The second-order valence-corrected chi connectivity index (χ2v) is 2.79. The topological polar surface area (TPSA) is 12.9 Å². The zero-order valence-corrected chi connectivity index (χ0v) is 7.52. The van der Waals surface area contributed by atoms with E-state index in [9.17, 15) is 0 Å². The molecule has 0 aliphatic heterocycles. The van der Waals surface area contributed by atoms with E-state index in [1.807, 2.05) is 0 Å². The first-order valence-corrected chi connectivity index (χ1v) is 3.97. The van der Waals surface area contributed by atoms with E-state index in [0.29, 0.717) is 16.8 Å². The Morgan fingerprint density at radius 2 is 1.83 bits per heavy atom. The van der Waals surface area contributed by atoms with Crippen molar-refractivity contribution in [2.45, 2.75) is 12.8 Å². The molecule has 0 atom stereocenters. The van der Waals surface area contributed by atoms with E-state index in [1.54, 1.807) is 6.92 Å². The highest BCUT2D eigenvalue weighted by atomic mass is 35.5. The lowest BCUT2D eigenvalue weighted by molar-refractivity contribution is 1.18. The number of alkyl halides is 1. The highest BCUT2D eigenvalue weighted by Gasteiger charge is 2.06. The molecule has 0 spiro atoms. The Morgan fingerprint density at radius 1 is 1.25 bits per heavy atom. The van der Waals surface area contributed by atoms with Crippen molar-refractivity contribution >= 4 is 51.7 Å². The number of halogens is 1. The molecule has 1 aromatic rings. The smallest absolute Gasteiger partial charge is 0.140 e. The summed E-state index contributed by atoms with van der Waals surface area (Å²) in [5.41, 5.74) is 2.50. The second kappa shape index (κ2) is 3.57. The van der Waals surface area contributed by atoms with E-state index < -0.39 is 0 Å². The van der Waals surface area contributed by atoms with Crippen LogP contribution >= 0.6 is 11.6 Å². The van der Waals surface area contributed by atoms with Gasteiger partial charge < -0.3 is 0 Å². The van der Waals surface area contributed by atoms with Gasteiger partial charge in [-0.05, 0) is 18.1 Å². The van der Waals surface area contributed by atoms with Gasteiger partial charge in [0.15, 0.2) is 0 Å². The van der Waals surface area contributed by atoms with Gasteiger partial charge in [-0.25, -0.2) is 0 Å². The minimum atomic E-state index is 0.263. The highest BCUT2D eigenvalue weighted by molar-refractivity contribution is 6.57. The maximum atomic E-state index is 5.67. The molecule has 54 valence electrons. The van der Waals surface area contributed by atoms with Crippen molar-refractivity contribution in [2.75, 3.05) is 0 Å². The molecular formula is C7H5B3ClN.